The van der Waals surface area contributed by atoms with Gasteiger partial charge in [-0.15, -0.1) is 11.8 Å². The van der Waals surface area contributed by atoms with Crippen LogP contribution in [0.1, 0.15) is 64.1 Å². The van der Waals surface area contributed by atoms with Crippen LogP contribution in [-0.2, 0) is 5.75 Å². The molecule has 0 bridgehead atoms. The molecule has 0 aromatic carbocycles. The highest BCUT2D eigenvalue weighted by Crippen LogP contribution is 2.33. The molecule has 1 saturated carbocycles. The minimum atomic E-state index is 0.235. The SMILES string of the molecule is CNC1CCCCC1c1nc(CSC(C)(C)C)no1. The van der Waals surface area contributed by atoms with E-state index in [-0.39, 0.29) is 4.75 Å². The lowest BCUT2D eigenvalue weighted by Gasteiger charge is -2.28. The van der Waals surface area contributed by atoms with Gasteiger partial charge in [0.1, 0.15) is 0 Å². The minimum Gasteiger partial charge on any atom is -0.339 e. The Morgan fingerprint density at radius 2 is 2.05 bits per heavy atom. The number of rotatable bonds is 4. The molecule has 0 amide bonds. The molecule has 2 atom stereocenters. The normalized spacial score (nSPS) is 24.6. The van der Waals surface area contributed by atoms with Crippen LogP contribution in [0.2, 0.25) is 0 Å². The average molecular weight is 283 g/mol. The summed E-state index contributed by atoms with van der Waals surface area (Å²) < 4.78 is 5.72. The molecule has 1 aromatic rings. The maximum Gasteiger partial charge on any atom is 0.231 e. The van der Waals surface area contributed by atoms with Gasteiger partial charge in [0.15, 0.2) is 5.82 Å². The van der Waals surface area contributed by atoms with Crippen LogP contribution in [-0.4, -0.2) is 28.0 Å². The highest BCUT2D eigenvalue weighted by Gasteiger charge is 2.29. The van der Waals surface area contributed by atoms with Crippen LogP contribution in [0.3, 0.4) is 0 Å². The molecule has 1 heterocycles. The number of hydrogen-bond acceptors (Lipinski definition) is 5. The Labute approximate surface area is 120 Å². The zero-order valence-electron chi connectivity index (χ0n) is 12.4. The maximum absolute atomic E-state index is 5.49. The molecule has 0 saturated heterocycles. The first-order valence-corrected chi connectivity index (χ1v) is 8.12. The molecular weight excluding hydrogens is 258 g/mol. The molecule has 4 nitrogen and oxygen atoms in total. The van der Waals surface area contributed by atoms with Crippen molar-refractivity contribution >= 4 is 11.8 Å². The maximum atomic E-state index is 5.49. The van der Waals surface area contributed by atoms with Crippen molar-refractivity contribution in [1.29, 1.82) is 0 Å². The summed E-state index contributed by atoms with van der Waals surface area (Å²) in [5, 5.41) is 7.51. The number of aromatic nitrogens is 2. The fourth-order valence-corrected chi connectivity index (χ4v) is 3.21. The van der Waals surface area contributed by atoms with Crippen molar-refractivity contribution < 1.29 is 4.52 Å². The van der Waals surface area contributed by atoms with Crippen LogP contribution in [0.25, 0.3) is 0 Å². The van der Waals surface area contributed by atoms with E-state index in [1.165, 1.54) is 19.3 Å². The second-order valence-corrected chi connectivity index (χ2v) is 8.04. The summed E-state index contributed by atoms with van der Waals surface area (Å²) in [5.74, 6) is 2.86. The highest BCUT2D eigenvalue weighted by molar-refractivity contribution is 7.99. The Kier molecular flexibility index (Phi) is 4.90. The van der Waals surface area contributed by atoms with Crippen molar-refractivity contribution in [2.45, 2.75) is 68.9 Å². The smallest absolute Gasteiger partial charge is 0.231 e. The van der Waals surface area contributed by atoms with Crippen molar-refractivity contribution in [2.75, 3.05) is 7.05 Å². The summed E-state index contributed by atoms with van der Waals surface area (Å²) in [4.78, 5) is 4.60. The van der Waals surface area contributed by atoms with E-state index < -0.39 is 0 Å². The van der Waals surface area contributed by atoms with Crippen molar-refractivity contribution in [1.82, 2.24) is 15.5 Å². The van der Waals surface area contributed by atoms with Crippen LogP contribution in [0, 0.1) is 0 Å². The van der Waals surface area contributed by atoms with E-state index in [4.69, 9.17) is 4.52 Å². The highest BCUT2D eigenvalue weighted by atomic mass is 32.2. The van der Waals surface area contributed by atoms with Crippen LogP contribution in [0.4, 0.5) is 0 Å². The standard InChI is InChI=1S/C14H25N3OS/c1-14(2,3)19-9-12-16-13(18-17-12)10-7-5-6-8-11(10)15-4/h10-11,15H,5-9H2,1-4H3. The van der Waals surface area contributed by atoms with Gasteiger partial charge < -0.3 is 9.84 Å². The molecule has 108 valence electrons. The molecule has 5 heteroatoms. The predicted octanol–water partition coefficient (Wildman–Crippen LogP) is 3.35. The Balaban J connectivity index is 1.99. The first-order chi connectivity index (χ1) is 8.99. The molecular formula is C14H25N3OS. The lowest BCUT2D eigenvalue weighted by atomic mass is 9.84. The monoisotopic (exact) mass is 283 g/mol. The summed E-state index contributed by atoms with van der Waals surface area (Å²) in [6, 6.07) is 0.484. The van der Waals surface area contributed by atoms with Gasteiger partial charge in [0, 0.05) is 10.8 Å². The van der Waals surface area contributed by atoms with Crippen LogP contribution < -0.4 is 5.32 Å². The third-order valence-electron chi connectivity index (χ3n) is 3.57. The molecule has 1 aliphatic rings. The third-order valence-corrected chi connectivity index (χ3v) is 4.84. The molecule has 0 aliphatic heterocycles. The Morgan fingerprint density at radius 1 is 1.32 bits per heavy atom. The molecule has 2 rings (SSSR count). The van der Waals surface area contributed by atoms with Crippen molar-refractivity contribution in [3.05, 3.63) is 11.7 Å². The third kappa shape index (κ3) is 4.21. The predicted molar refractivity (Wildman–Crippen MR) is 79.4 cm³/mol. The van der Waals surface area contributed by atoms with Gasteiger partial charge in [-0.05, 0) is 19.9 Å². The molecule has 0 radical (unpaired) electrons. The summed E-state index contributed by atoms with van der Waals surface area (Å²) in [6.45, 7) is 6.62. The zero-order chi connectivity index (χ0) is 13.9. The lowest BCUT2D eigenvalue weighted by Crippen LogP contribution is -2.34. The molecule has 1 aromatic heterocycles. The number of thioether (sulfide) groups is 1. The summed E-state index contributed by atoms with van der Waals surface area (Å²) in [7, 11) is 2.02. The topological polar surface area (TPSA) is 51.0 Å². The van der Waals surface area contributed by atoms with Crippen LogP contribution >= 0.6 is 11.8 Å². The Bertz CT molecular complexity index is 400. The first kappa shape index (κ1) is 14.9. The molecule has 1 aliphatic carbocycles. The number of hydrogen-bond donors (Lipinski definition) is 1. The molecule has 2 unspecified atom stereocenters. The minimum absolute atomic E-state index is 0.235. The average Bonchev–Trinajstić information content (AvgIpc) is 2.84. The Hall–Kier alpha value is -0.550. The van der Waals surface area contributed by atoms with Crippen LogP contribution in [0.15, 0.2) is 4.52 Å². The van der Waals surface area contributed by atoms with Gasteiger partial charge in [0.05, 0.1) is 11.7 Å². The second kappa shape index (κ2) is 6.27. The van der Waals surface area contributed by atoms with Crippen molar-refractivity contribution in [3.8, 4) is 0 Å². The number of nitrogens with zero attached hydrogens (tertiary/aromatic N) is 2. The van der Waals surface area contributed by atoms with Gasteiger partial charge in [-0.2, -0.15) is 4.98 Å². The van der Waals surface area contributed by atoms with E-state index in [2.05, 4.69) is 36.2 Å². The van der Waals surface area contributed by atoms with E-state index in [9.17, 15) is 0 Å². The van der Waals surface area contributed by atoms with E-state index in [1.54, 1.807) is 0 Å². The van der Waals surface area contributed by atoms with Gasteiger partial charge in [0.2, 0.25) is 5.89 Å². The van der Waals surface area contributed by atoms with Gasteiger partial charge in [-0.25, -0.2) is 0 Å². The molecule has 1 N–H and O–H groups in total. The zero-order valence-corrected chi connectivity index (χ0v) is 13.2. The first-order valence-electron chi connectivity index (χ1n) is 7.13. The quantitative estimate of drug-likeness (QED) is 0.918. The van der Waals surface area contributed by atoms with Crippen LogP contribution in [0.5, 0.6) is 0 Å². The fourth-order valence-electron chi connectivity index (χ4n) is 2.53. The molecule has 19 heavy (non-hydrogen) atoms. The summed E-state index contributed by atoms with van der Waals surface area (Å²) in [5.41, 5.74) is 0. The largest absolute Gasteiger partial charge is 0.339 e. The van der Waals surface area contributed by atoms with Crippen molar-refractivity contribution in [2.24, 2.45) is 0 Å². The van der Waals surface area contributed by atoms with E-state index >= 15 is 0 Å². The number of likely N-dealkylation sites (N-methyl/N-ethyl adjacent to an activating group) is 1. The molecule has 0 spiro atoms. The second-order valence-electron chi connectivity index (χ2n) is 6.24. The van der Waals surface area contributed by atoms with Gasteiger partial charge >= 0.3 is 0 Å². The molecule has 1 fully saturated rings. The summed E-state index contributed by atoms with van der Waals surface area (Å²) in [6.07, 6.45) is 4.91. The van der Waals surface area contributed by atoms with E-state index in [1.807, 2.05) is 18.8 Å². The fraction of sp³-hybridized carbons (Fsp3) is 0.857. The summed E-state index contributed by atoms with van der Waals surface area (Å²) >= 11 is 1.85. The lowest BCUT2D eigenvalue weighted by molar-refractivity contribution is 0.270. The Morgan fingerprint density at radius 3 is 2.74 bits per heavy atom. The van der Waals surface area contributed by atoms with E-state index in [0.717, 1.165) is 23.9 Å². The van der Waals surface area contributed by atoms with Crippen molar-refractivity contribution in [3.63, 3.8) is 0 Å². The van der Waals surface area contributed by atoms with Gasteiger partial charge in [0.25, 0.3) is 0 Å². The van der Waals surface area contributed by atoms with E-state index in [0.29, 0.717) is 12.0 Å². The number of nitrogens with one attached hydrogen (secondary N) is 1. The van der Waals surface area contributed by atoms with Gasteiger partial charge in [-0.3, -0.25) is 0 Å². The van der Waals surface area contributed by atoms with Gasteiger partial charge in [-0.1, -0.05) is 38.8 Å².